The van der Waals surface area contributed by atoms with Crippen LogP contribution >= 0.6 is 23.1 Å². The molecule has 1 aromatic heterocycles. The molecule has 0 aromatic carbocycles. The van der Waals surface area contributed by atoms with Gasteiger partial charge in [-0.2, -0.15) is 4.37 Å². The molecule has 0 radical (unpaired) electrons. The number of hydrogen-bond donors (Lipinski definition) is 1. The molecule has 15 heavy (non-hydrogen) atoms. The highest BCUT2D eigenvalue weighted by atomic mass is 35.5. The van der Waals surface area contributed by atoms with Crippen LogP contribution in [0.3, 0.4) is 0 Å². The molecular formula is C10H16ClN3S. The summed E-state index contributed by atoms with van der Waals surface area (Å²) in [6.07, 6.45) is 4.57. The minimum Gasteiger partial charge on any atom is -0.358 e. The third-order valence-corrected chi connectivity index (χ3v) is 3.54. The third kappa shape index (κ3) is 3.05. The van der Waals surface area contributed by atoms with Crippen LogP contribution in [0.5, 0.6) is 0 Å². The summed E-state index contributed by atoms with van der Waals surface area (Å²) in [6.45, 7) is 2.16. The van der Waals surface area contributed by atoms with E-state index < -0.39 is 0 Å². The molecule has 1 atom stereocenters. The Morgan fingerprint density at radius 1 is 1.60 bits per heavy atom. The molecular weight excluding hydrogens is 230 g/mol. The lowest BCUT2D eigenvalue weighted by Gasteiger charge is -2.13. The summed E-state index contributed by atoms with van der Waals surface area (Å²) in [5.41, 5.74) is 0. The Hall–Kier alpha value is -0.350. The van der Waals surface area contributed by atoms with Crippen molar-refractivity contribution in [3.05, 3.63) is 5.82 Å². The van der Waals surface area contributed by atoms with Gasteiger partial charge in [-0.15, -0.1) is 11.6 Å². The molecule has 1 heterocycles. The number of anilines is 1. The molecule has 0 amide bonds. The van der Waals surface area contributed by atoms with Crippen LogP contribution in [0.2, 0.25) is 0 Å². The van der Waals surface area contributed by atoms with E-state index in [4.69, 9.17) is 11.6 Å². The van der Waals surface area contributed by atoms with Gasteiger partial charge in [-0.25, -0.2) is 4.98 Å². The van der Waals surface area contributed by atoms with E-state index in [9.17, 15) is 0 Å². The van der Waals surface area contributed by atoms with Crippen LogP contribution < -0.4 is 5.32 Å². The van der Waals surface area contributed by atoms with Crippen molar-refractivity contribution in [2.24, 2.45) is 0 Å². The second kappa shape index (κ2) is 5.12. The van der Waals surface area contributed by atoms with Crippen LogP contribution in [0, 0.1) is 0 Å². The highest BCUT2D eigenvalue weighted by Gasteiger charge is 2.27. The number of nitrogens with zero attached hydrogens (tertiary/aromatic N) is 2. The van der Waals surface area contributed by atoms with Crippen molar-refractivity contribution in [1.29, 1.82) is 0 Å². The van der Waals surface area contributed by atoms with Gasteiger partial charge in [0.2, 0.25) is 5.13 Å². The molecule has 0 saturated heterocycles. The third-order valence-electron chi connectivity index (χ3n) is 2.66. The fourth-order valence-corrected chi connectivity index (χ4v) is 2.47. The van der Waals surface area contributed by atoms with Gasteiger partial charge in [0.05, 0.1) is 0 Å². The zero-order chi connectivity index (χ0) is 10.7. The maximum Gasteiger partial charge on any atom is 0.202 e. The van der Waals surface area contributed by atoms with E-state index in [-0.39, 0.29) is 0 Å². The normalized spacial score (nSPS) is 17.7. The lowest BCUT2D eigenvalue weighted by molar-refractivity contribution is 0.674. The Morgan fingerprint density at radius 3 is 3.00 bits per heavy atom. The molecule has 0 spiro atoms. The zero-order valence-corrected chi connectivity index (χ0v) is 10.4. The summed E-state index contributed by atoms with van der Waals surface area (Å²) in [4.78, 5) is 4.50. The number of alkyl halides is 1. The fourth-order valence-electron chi connectivity index (χ4n) is 1.49. The molecule has 1 unspecified atom stereocenters. The summed E-state index contributed by atoms with van der Waals surface area (Å²) in [7, 11) is 0. The van der Waals surface area contributed by atoms with Gasteiger partial charge in [-0.05, 0) is 25.7 Å². The molecule has 84 valence electrons. The van der Waals surface area contributed by atoms with E-state index in [0.29, 0.717) is 17.8 Å². The van der Waals surface area contributed by atoms with Gasteiger partial charge in [-0.1, -0.05) is 6.92 Å². The summed E-state index contributed by atoms with van der Waals surface area (Å²) in [6, 6.07) is 0.433. The number of rotatable bonds is 6. The zero-order valence-electron chi connectivity index (χ0n) is 8.87. The van der Waals surface area contributed by atoms with Gasteiger partial charge in [-0.3, -0.25) is 0 Å². The highest BCUT2D eigenvalue weighted by Crippen LogP contribution is 2.39. The second-order valence-corrected chi connectivity index (χ2v) is 5.09. The van der Waals surface area contributed by atoms with Crippen molar-refractivity contribution in [3.8, 4) is 0 Å². The first-order valence-corrected chi connectivity index (χ1v) is 6.80. The monoisotopic (exact) mass is 245 g/mol. The largest absolute Gasteiger partial charge is 0.358 e. The van der Waals surface area contributed by atoms with Gasteiger partial charge in [0.15, 0.2) is 0 Å². The first-order valence-electron chi connectivity index (χ1n) is 5.49. The minimum atomic E-state index is 0.433. The SMILES string of the molecule is CCC(CCCl)Nc1nc(C2CC2)ns1. The molecule has 1 fully saturated rings. The molecule has 1 aliphatic rings. The van der Waals surface area contributed by atoms with E-state index in [2.05, 4.69) is 21.6 Å². The van der Waals surface area contributed by atoms with Crippen LogP contribution in [0.1, 0.15) is 44.3 Å². The van der Waals surface area contributed by atoms with Gasteiger partial charge in [0, 0.05) is 29.4 Å². The average molecular weight is 246 g/mol. The van der Waals surface area contributed by atoms with E-state index in [1.165, 1.54) is 24.4 Å². The number of nitrogens with one attached hydrogen (secondary N) is 1. The number of aromatic nitrogens is 2. The molecule has 2 rings (SSSR count). The van der Waals surface area contributed by atoms with Crippen molar-refractivity contribution in [3.63, 3.8) is 0 Å². The van der Waals surface area contributed by atoms with Crippen LogP contribution in [-0.2, 0) is 0 Å². The Bertz CT molecular complexity index is 311. The standard InChI is InChI=1S/C10H16ClN3S/c1-2-8(5-6-11)12-10-13-9(14-15-10)7-3-4-7/h7-8H,2-6H2,1H3,(H,12,13,14). The van der Waals surface area contributed by atoms with Gasteiger partial charge < -0.3 is 5.32 Å². The van der Waals surface area contributed by atoms with E-state index >= 15 is 0 Å². The van der Waals surface area contributed by atoms with E-state index in [1.807, 2.05) is 0 Å². The summed E-state index contributed by atoms with van der Waals surface area (Å²) in [5, 5.41) is 4.35. The van der Waals surface area contributed by atoms with E-state index in [0.717, 1.165) is 23.8 Å². The number of hydrogen-bond acceptors (Lipinski definition) is 4. The van der Waals surface area contributed by atoms with Crippen molar-refractivity contribution < 1.29 is 0 Å². The Balaban J connectivity index is 1.90. The number of halogens is 1. The van der Waals surface area contributed by atoms with Gasteiger partial charge in [0.25, 0.3) is 0 Å². The predicted octanol–water partition coefficient (Wildman–Crippen LogP) is 3.23. The maximum absolute atomic E-state index is 5.73. The summed E-state index contributed by atoms with van der Waals surface area (Å²) < 4.78 is 4.36. The summed E-state index contributed by atoms with van der Waals surface area (Å²) >= 11 is 7.21. The smallest absolute Gasteiger partial charge is 0.202 e. The molecule has 1 aromatic rings. The van der Waals surface area contributed by atoms with Gasteiger partial charge in [0.1, 0.15) is 5.82 Å². The molecule has 1 saturated carbocycles. The lowest BCUT2D eigenvalue weighted by atomic mass is 10.2. The van der Waals surface area contributed by atoms with E-state index in [1.54, 1.807) is 0 Å². The quantitative estimate of drug-likeness (QED) is 0.782. The second-order valence-electron chi connectivity index (χ2n) is 3.96. The van der Waals surface area contributed by atoms with Crippen LogP contribution in [0.4, 0.5) is 5.13 Å². The highest BCUT2D eigenvalue weighted by molar-refractivity contribution is 7.09. The Kier molecular flexibility index (Phi) is 3.81. The Labute approximate surface area is 99.4 Å². The maximum atomic E-state index is 5.73. The predicted molar refractivity (Wildman–Crippen MR) is 64.9 cm³/mol. The molecule has 3 nitrogen and oxygen atoms in total. The lowest BCUT2D eigenvalue weighted by Crippen LogP contribution is -2.18. The fraction of sp³-hybridized carbons (Fsp3) is 0.800. The van der Waals surface area contributed by atoms with Gasteiger partial charge >= 0.3 is 0 Å². The molecule has 5 heteroatoms. The topological polar surface area (TPSA) is 37.8 Å². The van der Waals surface area contributed by atoms with Crippen LogP contribution in [0.25, 0.3) is 0 Å². The van der Waals surface area contributed by atoms with Crippen molar-refractivity contribution in [1.82, 2.24) is 9.36 Å². The summed E-state index contributed by atoms with van der Waals surface area (Å²) in [5.74, 6) is 2.37. The molecule has 1 N–H and O–H groups in total. The van der Waals surface area contributed by atoms with Crippen molar-refractivity contribution in [2.75, 3.05) is 11.2 Å². The first kappa shape index (κ1) is 11.1. The molecule has 0 aliphatic heterocycles. The Morgan fingerprint density at radius 2 is 2.40 bits per heavy atom. The molecule has 1 aliphatic carbocycles. The van der Waals surface area contributed by atoms with Crippen molar-refractivity contribution >= 4 is 28.3 Å². The first-order chi connectivity index (χ1) is 7.33. The average Bonchev–Trinajstić information content (AvgIpc) is 2.99. The molecule has 0 bridgehead atoms. The van der Waals surface area contributed by atoms with Crippen molar-refractivity contribution in [2.45, 2.75) is 44.6 Å². The van der Waals surface area contributed by atoms with Crippen LogP contribution in [0.15, 0.2) is 0 Å². The minimum absolute atomic E-state index is 0.433. The van der Waals surface area contributed by atoms with Crippen LogP contribution in [-0.4, -0.2) is 21.3 Å².